The average molecular weight is 253 g/mol. The highest BCUT2D eigenvalue weighted by Gasteiger charge is 2.19. The van der Waals surface area contributed by atoms with Gasteiger partial charge < -0.3 is 4.57 Å². The minimum absolute atomic E-state index is 0.170. The fourth-order valence-electron chi connectivity index (χ4n) is 3.09. The molecule has 0 atom stereocenters. The maximum absolute atomic E-state index is 8.86. The van der Waals surface area contributed by atoms with E-state index in [1.807, 2.05) is 12.1 Å². The van der Waals surface area contributed by atoms with Gasteiger partial charge in [0.1, 0.15) is 17.7 Å². The third-order valence-electron chi connectivity index (χ3n) is 4.00. The molecule has 1 aliphatic carbocycles. The van der Waals surface area contributed by atoms with Crippen LogP contribution < -0.4 is 0 Å². The van der Waals surface area contributed by atoms with Crippen molar-refractivity contribution in [1.29, 1.82) is 10.5 Å². The minimum Gasteiger partial charge on any atom is -0.346 e. The van der Waals surface area contributed by atoms with Crippen molar-refractivity contribution in [3.63, 3.8) is 0 Å². The lowest BCUT2D eigenvalue weighted by Crippen LogP contribution is -2.15. The summed E-state index contributed by atoms with van der Waals surface area (Å²) >= 11 is 0. The van der Waals surface area contributed by atoms with Gasteiger partial charge in [0.05, 0.1) is 0 Å². The molecule has 0 bridgehead atoms. The third-order valence-corrected chi connectivity index (χ3v) is 4.00. The van der Waals surface area contributed by atoms with Crippen molar-refractivity contribution in [3.8, 4) is 12.1 Å². The number of aromatic nitrogens is 1. The van der Waals surface area contributed by atoms with E-state index in [1.165, 1.54) is 43.5 Å². The SMILES string of the molecule is Cc1cc(C=C(C#N)C#N)c(C)n1C1CCCCC1. The molecular weight excluding hydrogens is 234 g/mol. The summed E-state index contributed by atoms with van der Waals surface area (Å²) in [4.78, 5) is 0. The van der Waals surface area contributed by atoms with Crippen molar-refractivity contribution in [2.75, 3.05) is 0 Å². The predicted octanol–water partition coefficient (Wildman–Crippen LogP) is 4.04. The molecule has 1 aliphatic rings. The molecule has 0 unspecified atom stereocenters. The number of allylic oxidation sites excluding steroid dienone is 1. The predicted molar refractivity (Wildman–Crippen MR) is 75.2 cm³/mol. The van der Waals surface area contributed by atoms with Crippen LogP contribution in [-0.2, 0) is 0 Å². The highest BCUT2D eigenvalue weighted by atomic mass is 15.0. The highest BCUT2D eigenvalue weighted by molar-refractivity contribution is 5.64. The molecule has 0 amide bonds. The van der Waals surface area contributed by atoms with Crippen LogP contribution in [0.3, 0.4) is 0 Å². The Morgan fingerprint density at radius 1 is 1.21 bits per heavy atom. The average Bonchev–Trinajstić information content (AvgIpc) is 2.71. The lowest BCUT2D eigenvalue weighted by Gasteiger charge is -2.26. The van der Waals surface area contributed by atoms with E-state index in [2.05, 4.69) is 24.5 Å². The molecule has 0 saturated heterocycles. The maximum Gasteiger partial charge on any atom is 0.130 e. The van der Waals surface area contributed by atoms with Crippen LogP contribution in [0.1, 0.15) is 55.1 Å². The van der Waals surface area contributed by atoms with Gasteiger partial charge in [-0.05, 0) is 44.4 Å². The van der Waals surface area contributed by atoms with Gasteiger partial charge in [-0.2, -0.15) is 10.5 Å². The number of aryl methyl sites for hydroxylation is 1. The summed E-state index contributed by atoms with van der Waals surface area (Å²) in [5, 5.41) is 17.7. The molecule has 0 radical (unpaired) electrons. The van der Waals surface area contributed by atoms with Crippen LogP contribution in [0.5, 0.6) is 0 Å². The van der Waals surface area contributed by atoms with E-state index in [9.17, 15) is 0 Å². The van der Waals surface area contributed by atoms with Crippen LogP contribution >= 0.6 is 0 Å². The van der Waals surface area contributed by atoms with Crippen molar-refractivity contribution in [2.24, 2.45) is 0 Å². The van der Waals surface area contributed by atoms with Gasteiger partial charge >= 0.3 is 0 Å². The molecule has 0 spiro atoms. The summed E-state index contributed by atoms with van der Waals surface area (Å²) in [6, 6.07) is 6.52. The molecule has 3 heteroatoms. The summed E-state index contributed by atoms with van der Waals surface area (Å²) in [7, 11) is 0. The largest absolute Gasteiger partial charge is 0.346 e. The number of hydrogen-bond donors (Lipinski definition) is 0. The lowest BCUT2D eigenvalue weighted by atomic mass is 9.95. The van der Waals surface area contributed by atoms with Gasteiger partial charge in [-0.15, -0.1) is 0 Å². The smallest absolute Gasteiger partial charge is 0.130 e. The van der Waals surface area contributed by atoms with Gasteiger partial charge in [0.2, 0.25) is 0 Å². The molecule has 0 N–H and O–H groups in total. The van der Waals surface area contributed by atoms with E-state index in [4.69, 9.17) is 10.5 Å². The van der Waals surface area contributed by atoms with E-state index in [1.54, 1.807) is 6.08 Å². The molecule has 2 rings (SSSR count). The van der Waals surface area contributed by atoms with E-state index in [0.29, 0.717) is 6.04 Å². The Kier molecular flexibility index (Phi) is 4.07. The second-order valence-electron chi connectivity index (χ2n) is 5.27. The Balaban J connectivity index is 2.38. The Morgan fingerprint density at radius 3 is 2.42 bits per heavy atom. The molecule has 0 aromatic carbocycles. The first kappa shape index (κ1) is 13.4. The van der Waals surface area contributed by atoms with Gasteiger partial charge in [-0.25, -0.2) is 0 Å². The minimum atomic E-state index is 0.170. The zero-order valence-corrected chi connectivity index (χ0v) is 11.6. The molecule has 1 heterocycles. The topological polar surface area (TPSA) is 52.5 Å². The summed E-state index contributed by atoms with van der Waals surface area (Å²) in [5.41, 5.74) is 3.57. The summed E-state index contributed by atoms with van der Waals surface area (Å²) in [6.07, 6.45) is 8.12. The molecule has 19 heavy (non-hydrogen) atoms. The van der Waals surface area contributed by atoms with Crippen molar-refractivity contribution < 1.29 is 0 Å². The summed E-state index contributed by atoms with van der Waals surface area (Å²) in [5.74, 6) is 0. The highest BCUT2D eigenvalue weighted by Crippen LogP contribution is 2.32. The zero-order valence-electron chi connectivity index (χ0n) is 11.6. The molecule has 0 aliphatic heterocycles. The van der Waals surface area contributed by atoms with Crippen LogP contribution in [0.25, 0.3) is 6.08 Å². The van der Waals surface area contributed by atoms with Crippen molar-refractivity contribution >= 4 is 6.08 Å². The third kappa shape index (κ3) is 2.71. The van der Waals surface area contributed by atoms with Gasteiger partial charge in [0, 0.05) is 17.4 Å². The Morgan fingerprint density at radius 2 is 1.84 bits per heavy atom. The lowest BCUT2D eigenvalue weighted by molar-refractivity contribution is 0.346. The number of rotatable bonds is 2. The first-order valence-electron chi connectivity index (χ1n) is 6.87. The van der Waals surface area contributed by atoms with Crippen LogP contribution in [0.4, 0.5) is 0 Å². The van der Waals surface area contributed by atoms with E-state index >= 15 is 0 Å². The molecule has 1 aromatic heterocycles. The van der Waals surface area contributed by atoms with E-state index in [0.717, 1.165) is 5.56 Å². The monoisotopic (exact) mass is 253 g/mol. The Bertz CT molecular complexity index is 556. The molecular formula is C16H19N3. The van der Waals surface area contributed by atoms with Crippen LogP contribution in [0.2, 0.25) is 0 Å². The van der Waals surface area contributed by atoms with Gasteiger partial charge in [0.25, 0.3) is 0 Å². The molecule has 1 fully saturated rings. The molecule has 3 nitrogen and oxygen atoms in total. The maximum atomic E-state index is 8.86. The number of nitrogens with zero attached hydrogens (tertiary/aromatic N) is 3. The Labute approximate surface area is 114 Å². The van der Waals surface area contributed by atoms with E-state index in [-0.39, 0.29) is 5.57 Å². The quantitative estimate of drug-likeness (QED) is 0.747. The fourth-order valence-corrected chi connectivity index (χ4v) is 3.09. The second kappa shape index (κ2) is 5.76. The molecule has 1 saturated carbocycles. The van der Waals surface area contributed by atoms with Crippen LogP contribution in [-0.4, -0.2) is 4.57 Å². The first-order chi connectivity index (χ1) is 9.17. The Hall–Kier alpha value is -2.00. The van der Waals surface area contributed by atoms with Crippen molar-refractivity contribution in [2.45, 2.75) is 52.0 Å². The van der Waals surface area contributed by atoms with Crippen molar-refractivity contribution in [3.05, 3.63) is 28.6 Å². The summed E-state index contributed by atoms with van der Waals surface area (Å²) in [6.45, 7) is 4.19. The first-order valence-corrected chi connectivity index (χ1v) is 6.87. The molecule has 98 valence electrons. The van der Waals surface area contributed by atoms with E-state index < -0.39 is 0 Å². The fraction of sp³-hybridized carbons (Fsp3) is 0.500. The van der Waals surface area contributed by atoms with Gasteiger partial charge in [-0.1, -0.05) is 19.3 Å². The zero-order chi connectivity index (χ0) is 13.8. The van der Waals surface area contributed by atoms with Gasteiger partial charge in [-0.3, -0.25) is 0 Å². The van der Waals surface area contributed by atoms with Crippen LogP contribution in [0.15, 0.2) is 11.6 Å². The standard InChI is InChI=1S/C16H19N3/c1-12-8-15(9-14(10-17)11-18)13(2)19(12)16-6-4-3-5-7-16/h8-9,16H,3-7H2,1-2H3. The summed E-state index contributed by atoms with van der Waals surface area (Å²) < 4.78 is 2.39. The number of nitriles is 2. The van der Waals surface area contributed by atoms with Crippen molar-refractivity contribution in [1.82, 2.24) is 4.57 Å². The number of hydrogen-bond acceptors (Lipinski definition) is 2. The van der Waals surface area contributed by atoms with Gasteiger partial charge in [0.15, 0.2) is 0 Å². The normalized spacial score (nSPS) is 15.6. The molecule has 1 aromatic rings. The van der Waals surface area contributed by atoms with Crippen LogP contribution in [0, 0.1) is 36.5 Å². The second-order valence-corrected chi connectivity index (χ2v) is 5.27.